The summed E-state index contributed by atoms with van der Waals surface area (Å²) in [5.41, 5.74) is 0.436. The second-order valence-corrected chi connectivity index (χ2v) is 6.11. The second-order valence-electron chi connectivity index (χ2n) is 4.28. The number of carbonyl (C=O) groups is 1. The monoisotopic (exact) mass is 300 g/mol. The van der Waals surface area contributed by atoms with Gasteiger partial charge in [0.15, 0.2) is 0 Å². The van der Waals surface area contributed by atoms with Crippen LogP contribution in [0.2, 0.25) is 0 Å². The first-order valence-corrected chi connectivity index (χ1v) is 8.24. The zero-order valence-electron chi connectivity index (χ0n) is 11.6. The fraction of sp³-hybridized carbons (Fsp3) is 0.500. The van der Waals surface area contributed by atoms with Crippen LogP contribution < -0.4 is 15.4 Å². The molecule has 0 aliphatic heterocycles. The van der Waals surface area contributed by atoms with Crippen LogP contribution in [-0.2, 0) is 10.0 Å². The Morgan fingerprint density at radius 2 is 2.00 bits per heavy atom. The molecule has 0 aromatic carbocycles. The van der Waals surface area contributed by atoms with Gasteiger partial charge in [-0.1, -0.05) is 6.92 Å². The molecule has 0 aliphatic rings. The summed E-state index contributed by atoms with van der Waals surface area (Å²) in [4.78, 5) is 15.9. The smallest absolute Gasteiger partial charge is 0.252 e. The molecule has 0 saturated carbocycles. The van der Waals surface area contributed by atoms with Gasteiger partial charge in [0.25, 0.3) is 5.91 Å². The maximum absolute atomic E-state index is 11.7. The van der Waals surface area contributed by atoms with Crippen molar-refractivity contribution >= 4 is 21.7 Å². The first-order valence-electron chi connectivity index (χ1n) is 6.35. The van der Waals surface area contributed by atoms with Crippen LogP contribution in [0.3, 0.4) is 0 Å². The van der Waals surface area contributed by atoms with Crippen LogP contribution in [0.15, 0.2) is 18.3 Å². The molecular weight excluding hydrogens is 280 g/mol. The molecule has 3 N–H and O–H groups in total. The minimum absolute atomic E-state index is 0.161. The van der Waals surface area contributed by atoms with Crippen molar-refractivity contribution < 1.29 is 13.2 Å². The van der Waals surface area contributed by atoms with Gasteiger partial charge in [-0.25, -0.2) is 18.1 Å². The molecule has 0 radical (unpaired) electrons. The van der Waals surface area contributed by atoms with Gasteiger partial charge in [0.2, 0.25) is 10.0 Å². The van der Waals surface area contributed by atoms with Crippen molar-refractivity contribution in [1.82, 2.24) is 15.0 Å². The molecule has 1 amide bonds. The van der Waals surface area contributed by atoms with E-state index in [0.717, 1.165) is 25.0 Å². The molecule has 7 nitrogen and oxygen atoms in total. The lowest BCUT2D eigenvalue weighted by Gasteiger charge is -2.07. The molecule has 8 heteroatoms. The number of carbonyl (C=O) groups excluding carboxylic acids is 1. The summed E-state index contributed by atoms with van der Waals surface area (Å²) in [5, 5.41) is 5.72. The maximum atomic E-state index is 11.7. The molecule has 1 heterocycles. The molecule has 0 fully saturated rings. The van der Waals surface area contributed by atoms with E-state index in [1.807, 2.05) is 0 Å². The number of nitrogens with one attached hydrogen (secondary N) is 3. The zero-order valence-corrected chi connectivity index (χ0v) is 12.5. The molecule has 20 heavy (non-hydrogen) atoms. The molecule has 0 aliphatic carbocycles. The summed E-state index contributed by atoms with van der Waals surface area (Å²) in [5.74, 6) is 0.442. The van der Waals surface area contributed by atoms with Gasteiger partial charge in [0, 0.05) is 25.8 Å². The lowest BCUT2D eigenvalue weighted by Crippen LogP contribution is -2.34. The van der Waals surface area contributed by atoms with Crippen molar-refractivity contribution in [2.24, 2.45) is 0 Å². The third kappa shape index (κ3) is 6.48. The highest BCUT2D eigenvalue weighted by Gasteiger charge is 2.06. The number of amides is 1. The highest BCUT2D eigenvalue weighted by molar-refractivity contribution is 7.88. The predicted octanol–water partition coefficient (Wildman–Crippen LogP) is 0.183. The van der Waals surface area contributed by atoms with Crippen LogP contribution in [0.4, 0.5) is 5.82 Å². The minimum Gasteiger partial charge on any atom is -0.370 e. The molecule has 1 rings (SSSR count). The van der Waals surface area contributed by atoms with Gasteiger partial charge in [-0.05, 0) is 18.6 Å². The molecule has 1 aromatic heterocycles. The van der Waals surface area contributed by atoms with E-state index < -0.39 is 10.0 Å². The number of hydrogen-bond donors (Lipinski definition) is 3. The Balaban J connectivity index is 2.39. The lowest BCUT2D eigenvalue weighted by molar-refractivity contribution is 0.0954. The highest BCUT2D eigenvalue weighted by atomic mass is 32.2. The second kappa shape index (κ2) is 7.81. The fourth-order valence-corrected chi connectivity index (χ4v) is 1.87. The van der Waals surface area contributed by atoms with E-state index in [1.54, 1.807) is 12.1 Å². The van der Waals surface area contributed by atoms with Crippen LogP contribution in [0, 0.1) is 0 Å². The number of sulfonamides is 1. The molecule has 0 bridgehead atoms. The van der Waals surface area contributed by atoms with E-state index in [-0.39, 0.29) is 19.0 Å². The number of nitrogens with zero attached hydrogens (tertiary/aromatic N) is 1. The van der Waals surface area contributed by atoms with E-state index in [4.69, 9.17) is 0 Å². The first-order chi connectivity index (χ1) is 9.42. The van der Waals surface area contributed by atoms with Gasteiger partial charge in [0.05, 0.1) is 11.8 Å². The molecule has 0 atom stereocenters. The number of aromatic nitrogens is 1. The van der Waals surface area contributed by atoms with E-state index in [2.05, 4.69) is 27.3 Å². The van der Waals surface area contributed by atoms with Gasteiger partial charge in [-0.3, -0.25) is 4.79 Å². The third-order valence-corrected chi connectivity index (χ3v) is 3.09. The Kier molecular flexibility index (Phi) is 6.40. The standard InChI is InChI=1S/C12H20N4O3S/c1-3-6-13-11-5-4-10(9-15-11)12(17)14-7-8-16-20(2,18)19/h4-5,9,16H,3,6-8H2,1-2H3,(H,13,15)(H,14,17). The summed E-state index contributed by atoms with van der Waals surface area (Å²) in [6.45, 7) is 3.27. The fourth-order valence-electron chi connectivity index (χ4n) is 1.40. The summed E-state index contributed by atoms with van der Waals surface area (Å²) >= 11 is 0. The largest absolute Gasteiger partial charge is 0.370 e. The van der Waals surface area contributed by atoms with Crippen molar-refractivity contribution in [2.45, 2.75) is 13.3 Å². The van der Waals surface area contributed by atoms with Crippen molar-refractivity contribution in [3.63, 3.8) is 0 Å². The summed E-state index contributed by atoms with van der Waals surface area (Å²) < 4.78 is 24.0. The van der Waals surface area contributed by atoms with Gasteiger partial charge >= 0.3 is 0 Å². The lowest BCUT2D eigenvalue weighted by atomic mass is 10.2. The number of pyridine rings is 1. The van der Waals surface area contributed by atoms with Crippen LogP contribution in [-0.4, -0.2) is 45.2 Å². The predicted molar refractivity (Wildman–Crippen MR) is 78.2 cm³/mol. The van der Waals surface area contributed by atoms with Crippen LogP contribution in [0.1, 0.15) is 23.7 Å². The maximum Gasteiger partial charge on any atom is 0.252 e. The van der Waals surface area contributed by atoms with Gasteiger partial charge in [0.1, 0.15) is 5.82 Å². The summed E-state index contributed by atoms with van der Waals surface area (Å²) in [6, 6.07) is 3.41. The van der Waals surface area contributed by atoms with E-state index >= 15 is 0 Å². The molecule has 0 unspecified atom stereocenters. The zero-order chi connectivity index (χ0) is 15.0. The molecule has 1 aromatic rings. The normalized spacial score (nSPS) is 11.1. The van der Waals surface area contributed by atoms with Crippen LogP contribution >= 0.6 is 0 Å². The van der Waals surface area contributed by atoms with Crippen molar-refractivity contribution in [3.05, 3.63) is 23.9 Å². The van der Waals surface area contributed by atoms with Crippen LogP contribution in [0.25, 0.3) is 0 Å². The number of rotatable bonds is 8. The Hall–Kier alpha value is -1.67. The quantitative estimate of drug-likeness (QED) is 0.595. The van der Waals surface area contributed by atoms with Crippen molar-refractivity contribution in [1.29, 1.82) is 0 Å². The summed E-state index contributed by atoms with van der Waals surface area (Å²) in [7, 11) is -3.22. The number of hydrogen-bond acceptors (Lipinski definition) is 5. The molecule has 112 valence electrons. The SMILES string of the molecule is CCCNc1ccc(C(=O)NCCNS(C)(=O)=O)cn1. The minimum atomic E-state index is -3.22. The van der Waals surface area contributed by atoms with Gasteiger partial charge in [-0.15, -0.1) is 0 Å². The van der Waals surface area contributed by atoms with E-state index in [9.17, 15) is 13.2 Å². The highest BCUT2D eigenvalue weighted by Crippen LogP contribution is 2.04. The Morgan fingerprint density at radius 1 is 1.25 bits per heavy atom. The Morgan fingerprint density at radius 3 is 2.55 bits per heavy atom. The molecule has 0 spiro atoms. The van der Waals surface area contributed by atoms with Crippen molar-refractivity contribution in [3.8, 4) is 0 Å². The Labute approximate surface area is 119 Å². The van der Waals surface area contributed by atoms with Crippen molar-refractivity contribution in [2.75, 3.05) is 31.2 Å². The third-order valence-electron chi connectivity index (χ3n) is 2.36. The van der Waals surface area contributed by atoms with E-state index in [0.29, 0.717) is 5.56 Å². The average Bonchev–Trinajstić information content (AvgIpc) is 2.40. The topological polar surface area (TPSA) is 100 Å². The van der Waals surface area contributed by atoms with Gasteiger partial charge < -0.3 is 10.6 Å². The molecule has 0 saturated heterocycles. The first kappa shape index (κ1) is 16.4. The van der Waals surface area contributed by atoms with Gasteiger partial charge in [-0.2, -0.15) is 0 Å². The number of anilines is 1. The average molecular weight is 300 g/mol. The summed E-state index contributed by atoms with van der Waals surface area (Å²) in [6.07, 6.45) is 3.55. The van der Waals surface area contributed by atoms with Crippen LogP contribution in [0.5, 0.6) is 0 Å². The Bertz CT molecular complexity index is 528. The molecular formula is C12H20N4O3S. The van der Waals surface area contributed by atoms with E-state index in [1.165, 1.54) is 6.20 Å².